The largest absolute Gasteiger partial charge is 0.452 e. The number of nitrogens with one attached hydrogen (secondary N) is 2. The van der Waals surface area contributed by atoms with Gasteiger partial charge in [0.2, 0.25) is 10.0 Å². The van der Waals surface area contributed by atoms with E-state index in [1.807, 2.05) is 0 Å². The van der Waals surface area contributed by atoms with Crippen LogP contribution in [0.4, 0.5) is 11.4 Å². The Kier molecular flexibility index (Phi) is 6.24. The molecule has 4 aromatic rings. The second kappa shape index (κ2) is 9.27. The lowest BCUT2D eigenvalue weighted by Gasteiger charge is -2.10. The number of carbonyl (C=O) groups excluding carboxylic acids is 1. The highest BCUT2D eigenvalue weighted by atomic mass is 35.5. The SMILES string of the molecule is CS(=O)(=O)Nc1cc(Cl)cc(NC(=O)c2cnn(-c3ncccc3Oc3cccnc3)c2)c1. The number of hydrogen-bond donors (Lipinski definition) is 2. The van der Waals surface area contributed by atoms with Crippen molar-refractivity contribution < 1.29 is 17.9 Å². The van der Waals surface area contributed by atoms with Crippen LogP contribution in [0.3, 0.4) is 0 Å². The molecule has 0 aliphatic carbocycles. The fourth-order valence-electron chi connectivity index (χ4n) is 2.86. The second-order valence-electron chi connectivity index (χ2n) is 6.85. The second-order valence-corrected chi connectivity index (χ2v) is 9.03. The lowest BCUT2D eigenvalue weighted by molar-refractivity contribution is 0.102. The molecular formula is C21H17ClN6O4S. The number of ether oxygens (including phenoxy) is 1. The van der Waals surface area contributed by atoms with Crippen LogP contribution in [0.1, 0.15) is 10.4 Å². The number of amides is 1. The van der Waals surface area contributed by atoms with Crippen molar-refractivity contribution in [2.24, 2.45) is 0 Å². The van der Waals surface area contributed by atoms with Gasteiger partial charge in [0.05, 0.1) is 29.9 Å². The minimum absolute atomic E-state index is 0.224. The third-order valence-corrected chi connectivity index (χ3v) is 4.96. The van der Waals surface area contributed by atoms with Crippen molar-refractivity contribution in [3.63, 3.8) is 0 Å². The van der Waals surface area contributed by atoms with Gasteiger partial charge in [-0.1, -0.05) is 11.6 Å². The Morgan fingerprint density at radius 2 is 1.88 bits per heavy atom. The van der Waals surface area contributed by atoms with Gasteiger partial charge in [0.25, 0.3) is 5.91 Å². The Balaban J connectivity index is 1.55. The van der Waals surface area contributed by atoms with E-state index in [4.69, 9.17) is 16.3 Å². The van der Waals surface area contributed by atoms with Gasteiger partial charge in [-0.25, -0.2) is 18.1 Å². The predicted molar refractivity (Wildman–Crippen MR) is 124 cm³/mol. The Hall–Kier alpha value is -3.96. The summed E-state index contributed by atoms with van der Waals surface area (Å²) in [6.07, 6.45) is 8.66. The fourth-order valence-corrected chi connectivity index (χ4v) is 3.64. The fraction of sp³-hybridized carbons (Fsp3) is 0.0476. The molecule has 10 nitrogen and oxygen atoms in total. The third kappa shape index (κ3) is 5.84. The Labute approximate surface area is 194 Å². The summed E-state index contributed by atoms with van der Waals surface area (Å²) in [5.74, 6) is 0.852. The lowest BCUT2D eigenvalue weighted by Crippen LogP contribution is -2.13. The van der Waals surface area contributed by atoms with Crippen molar-refractivity contribution in [1.82, 2.24) is 19.7 Å². The standard InChI is InChI=1S/C21H17ClN6O4S/c1-33(30,31)27-17-9-15(22)8-16(10-17)26-21(29)14-11-25-28(13-14)20-19(5-3-7-24-20)32-18-4-2-6-23-12-18/h2-13,27H,1H3,(H,26,29). The molecule has 1 aromatic carbocycles. The number of sulfonamides is 1. The van der Waals surface area contributed by atoms with E-state index in [1.165, 1.54) is 35.3 Å². The van der Waals surface area contributed by atoms with Gasteiger partial charge >= 0.3 is 0 Å². The minimum Gasteiger partial charge on any atom is -0.452 e. The van der Waals surface area contributed by atoms with E-state index >= 15 is 0 Å². The molecule has 33 heavy (non-hydrogen) atoms. The molecule has 1 amide bonds. The quantitative estimate of drug-likeness (QED) is 0.409. The average Bonchev–Trinajstić information content (AvgIpc) is 3.23. The van der Waals surface area contributed by atoms with E-state index in [1.54, 1.807) is 42.9 Å². The van der Waals surface area contributed by atoms with E-state index < -0.39 is 15.9 Å². The molecule has 0 radical (unpaired) electrons. The van der Waals surface area contributed by atoms with Crippen LogP contribution >= 0.6 is 11.6 Å². The maximum absolute atomic E-state index is 12.7. The maximum atomic E-state index is 12.7. The molecule has 0 fully saturated rings. The summed E-state index contributed by atoms with van der Waals surface area (Å²) in [4.78, 5) is 21.1. The molecule has 0 aliphatic heterocycles. The number of anilines is 2. The Bertz CT molecular complexity index is 1410. The molecular weight excluding hydrogens is 468 g/mol. The molecule has 0 atom stereocenters. The van der Waals surface area contributed by atoms with Crippen molar-refractivity contribution in [3.05, 3.63) is 84.0 Å². The summed E-state index contributed by atoms with van der Waals surface area (Å²) < 4.78 is 32.5. The number of benzene rings is 1. The molecule has 0 spiro atoms. The van der Waals surface area contributed by atoms with E-state index in [0.29, 0.717) is 23.0 Å². The number of nitrogens with zero attached hydrogens (tertiary/aromatic N) is 4. The Morgan fingerprint density at radius 3 is 2.64 bits per heavy atom. The smallest absolute Gasteiger partial charge is 0.258 e. The van der Waals surface area contributed by atoms with Crippen molar-refractivity contribution in [1.29, 1.82) is 0 Å². The molecule has 4 rings (SSSR count). The van der Waals surface area contributed by atoms with Gasteiger partial charge in [0, 0.05) is 29.3 Å². The minimum atomic E-state index is -3.50. The molecule has 0 saturated carbocycles. The van der Waals surface area contributed by atoms with Crippen LogP contribution in [0.15, 0.2) is 73.4 Å². The van der Waals surface area contributed by atoms with Crippen LogP contribution in [-0.2, 0) is 10.0 Å². The third-order valence-electron chi connectivity index (χ3n) is 4.13. The average molecular weight is 485 g/mol. The molecule has 2 N–H and O–H groups in total. The number of hydrogen-bond acceptors (Lipinski definition) is 7. The topological polar surface area (TPSA) is 128 Å². The Morgan fingerprint density at radius 1 is 1.09 bits per heavy atom. The van der Waals surface area contributed by atoms with Gasteiger partial charge in [-0.15, -0.1) is 0 Å². The summed E-state index contributed by atoms with van der Waals surface area (Å²) in [6, 6.07) is 11.3. The summed E-state index contributed by atoms with van der Waals surface area (Å²) in [6.45, 7) is 0. The van der Waals surface area contributed by atoms with Crippen molar-refractivity contribution in [3.8, 4) is 17.3 Å². The zero-order chi connectivity index (χ0) is 23.4. The van der Waals surface area contributed by atoms with E-state index in [2.05, 4.69) is 25.1 Å². The summed E-state index contributed by atoms with van der Waals surface area (Å²) in [5, 5.41) is 7.14. The van der Waals surface area contributed by atoms with Crippen LogP contribution in [0.25, 0.3) is 5.82 Å². The lowest BCUT2D eigenvalue weighted by atomic mass is 10.2. The zero-order valence-electron chi connectivity index (χ0n) is 17.1. The molecule has 3 aromatic heterocycles. The molecule has 0 bridgehead atoms. The summed E-state index contributed by atoms with van der Waals surface area (Å²) in [5.41, 5.74) is 0.775. The first kappa shape index (κ1) is 22.2. The van der Waals surface area contributed by atoms with Crippen LogP contribution in [0.5, 0.6) is 11.5 Å². The van der Waals surface area contributed by atoms with Crippen molar-refractivity contribution in [2.45, 2.75) is 0 Å². The molecule has 168 valence electrons. The van der Waals surface area contributed by atoms with Gasteiger partial charge in [-0.05, 0) is 42.5 Å². The van der Waals surface area contributed by atoms with Crippen LogP contribution in [-0.4, -0.2) is 40.3 Å². The number of carbonyl (C=O) groups is 1. The van der Waals surface area contributed by atoms with Crippen LogP contribution in [0.2, 0.25) is 5.02 Å². The van der Waals surface area contributed by atoms with Crippen LogP contribution in [0, 0.1) is 0 Å². The van der Waals surface area contributed by atoms with Gasteiger partial charge in [-0.2, -0.15) is 5.10 Å². The first-order chi connectivity index (χ1) is 15.8. The normalized spacial score (nSPS) is 11.1. The van der Waals surface area contributed by atoms with Gasteiger partial charge in [0.15, 0.2) is 11.6 Å². The van der Waals surface area contributed by atoms with E-state index in [0.717, 1.165) is 6.26 Å². The first-order valence-electron chi connectivity index (χ1n) is 9.44. The van der Waals surface area contributed by atoms with Crippen molar-refractivity contribution in [2.75, 3.05) is 16.3 Å². The van der Waals surface area contributed by atoms with Gasteiger partial charge < -0.3 is 10.1 Å². The molecule has 0 saturated heterocycles. The highest BCUT2D eigenvalue weighted by Crippen LogP contribution is 2.26. The predicted octanol–water partition coefficient (Wildman–Crippen LogP) is 3.73. The van der Waals surface area contributed by atoms with Crippen LogP contribution < -0.4 is 14.8 Å². The van der Waals surface area contributed by atoms with Gasteiger partial charge in [-0.3, -0.25) is 14.5 Å². The molecule has 0 aliphatic rings. The number of halogens is 1. The highest BCUT2D eigenvalue weighted by molar-refractivity contribution is 7.92. The number of aromatic nitrogens is 4. The highest BCUT2D eigenvalue weighted by Gasteiger charge is 2.15. The number of pyridine rings is 2. The maximum Gasteiger partial charge on any atom is 0.258 e. The molecule has 0 unspecified atom stereocenters. The molecule has 3 heterocycles. The summed E-state index contributed by atoms with van der Waals surface area (Å²) in [7, 11) is -3.50. The number of rotatable bonds is 7. The monoisotopic (exact) mass is 484 g/mol. The van der Waals surface area contributed by atoms with E-state index in [9.17, 15) is 13.2 Å². The van der Waals surface area contributed by atoms with Crippen molar-refractivity contribution >= 4 is 38.9 Å². The van der Waals surface area contributed by atoms with E-state index in [-0.39, 0.29) is 16.3 Å². The zero-order valence-corrected chi connectivity index (χ0v) is 18.7. The first-order valence-corrected chi connectivity index (χ1v) is 11.7. The summed E-state index contributed by atoms with van der Waals surface area (Å²) >= 11 is 6.05. The van der Waals surface area contributed by atoms with Gasteiger partial charge in [0.1, 0.15) is 5.75 Å². The molecule has 12 heteroatoms.